The lowest BCUT2D eigenvalue weighted by Gasteiger charge is -2.32. The van der Waals surface area contributed by atoms with Gasteiger partial charge >= 0.3 is 7.12 Å². The molecular weight excluding hydrogens is 1060 g/mol. The van der Waals surface area contributed by atoms with E-state index in [4.69, 9.17) is 39.2 Å². The lowest BCUT2D eigenvalue weighted by molar-refractivity contribution is 0.00578. The van der Waals surface area contributed by atoms with Crippen LogP contribution in [0.25, 0.3) is 101 Å². The molecule has 1 fully saturated rings. The van der Waals surface area contributed by atoms with Crippen LogP contribution in [0.4, 0.5) is 0 Å². The van der Waals surface area contributed by atoms with Crippen LogP contribution in [0.2, 0.25) is 0 Å². The molecule has 0 bridgehead atoms. The summed E-state index contributed by atoms with van der Waals surface area (Å²) in [5, 5.41) is 24.4. The molecule has 0 amide bonds. The quantitative estimate of drug-likeness (QED) is 0.142. The van der Waals surface area contributed by atoms with Crippen LogP contribution in [0.3, 0.4) is 0 Å². The van der Waals surface area contributed by atoms with E-state index in [2.05, 4.69) is 43.6 Å². The molecule has 2 N–H and O–H groups in total. The third-order valence-corrected chi connectivity index (χ3v) is 15.1. The molecule has 12 heteroatoms. The highest BCUT2D eigenvalue weighted by Gasteiger charge is 2.51. The fourth-order valence-corrected chi connectivity index (χ4v) is 9.77. The van der Waals surface area contributed by atoms with Crippen LogP contribution in [0.5, 0.6) is 11.5 Å². The van der Waals surface area contributed by atoms with E-state index in [1.807, 2.05) is 231 Å². The second-order valence-electron chi connectivity index (χ2n) is 20.2. The topological polar surface area (TPSA) is 136 Å². The van der Waals surface area contributed by atoms with Crippen molar-refractivity contribution in [3.8, 4) is 91.0 Å². The lowest BCUT2D eigenvalue weighted by Crippen LogP contribution is -2.41. The Hall–Kier alpha value is -9.20. The number of halogens is 1. The zero-order valence-corrected chi connectivity index (χ0v) is 46.0. The summed E-state index contributed by atoms with van der Waals surface area (Å²) in [6.45, 7) is 8.23. The van der Waals surface area contributed by atoms with E-state index in [0.29, 0.717) is 34.9 Å². The standard InChI is InChI=1S/C31H21N3O.C27H26BN3O2.C10H7BrO/c35-27-19-18-21-10-7-8-17-26(21)28(27)24-15-9-16-25(20-24)31-33-29(22-11-3-1-4-12-22)32-30(34-31)23-13-5-2-6-14-23;1-26(2)27(3,4)33-28(32-26)22-17-11-16-21(18-22)25-30-23(19-12-7-5-8-13-19)29-24(31-25)20-14-9-6-10-15-20;11-10-8-4-2-1-3-7(8)5-6-9(10)12/h1-20,35H;5-18H,1-4H3;1-6,12H. The van der Waals surface area contributed by atoms with Crippen molar-refractivity contribution in [1.82, 2.24) is 29.9 Å². The molecule has 0 radical (unpaired) electrons. The predicted octanol–water partition coefficient (Wildman–Crippen LogP) is 15.9. The molecule has 1 aliphatic heterocycles. The molecule has 13 rings (SSSR count). The third-order valence-electron chi connectivity index (χ3n) is 14.2. The lowest BCUT2D eigenvalue weighted by atomic mass is 9.78. The van der Waals surface area contributed by atoms with Crippen LogP contribution in [0, 0.1) is 0 Å². The number of benzene rings is 10. The maximum absolute atomic E-state index is 10.8. The van der Waals surface area contributed by atoms with Crippen LogP contribution < -0.4 is 5.46 Å². The van der Waals surface area contributed by atoms with Crippen molar-refractivity contribution >= 4 is 50.1 Å². The number of fused-ring (bicyclic) bond motifs is 2. The highest BCUT2D eigenvalue weighted by atomic mass is 79.9. The summed E-state index contributed by atoms with van der Waals surface area (Å²) in [4.78, 5) is 28.8. The molecule has 3 heterocycles. The number of hydrogen-bond acceptors (Lipinski definition) is 10. The Bertz CT molecular complexity index is 4010. The minimum atomic E-state index is -0.445. The molecular formula is C68H54BBrN6O4. The zero-order chi connectivity index (χ0) is 55.2. The Balaban J connectivity index is 0.000000140. The van der Waals surface area contributed by atoms with Crippen LogP contribution in [-0.2, 0) is 9.31 Å². The van der Waals surface area contributed by atoms with Gasteiger partial charge in [-0.05, 0) is 94.4 Å². The van der Waals surface area contributed by atoms with E-state index < -0.39 is 18.3 Å². The first-order valence-corrected chi connectivity index (χ1v) is 27.0. The summed E-state index contributed by atoms with van der Waals surface area (Å²) < 4.78 is 13.3. The molecule has 0 aliphatic carbocycles. The summed E-state index contributed by atoms with van der Waals surface area (Å²) >= 11 is 3.33. The van der Waals surface area contributed by atoms with E-state index in [1.54, 1.807) is 12.1 Å². The van der Waals surface area contributed by atoms with E-state index in [0.717, 1.165) is 76.0 Å². The average molecular weight is 1110 g/mol. The molecule has 80 heavy (non-hydrogen) atoms. The number of hydrogen-bond donors (Lipinski definition) is 2. The van der Waals surface area contributed by atoms with Gasteiger partial charge in [0.1, 0.15) is 11.5 Å². The minimum absolute atomic E-state index is 0.242. The first-order valence-electron chi connectivity index (χ1n) is 26.2. The van der Waals surface area contributed by atoms with E-state index in [9.17, 15) is 10.2 Å². The Morgan fingerprint density at radius 3 is 1.14 bits per heavy atom. The van der Waals surface area contributed by atoms with Crippen molar-refractivity contribution in [3.05, 3.63) is 247 Å². The molecule has 2 aromatic heterocycles. The third kappa shape index (κ3) is 11.5. The average Bonchev–Trinajstić information content (AvgIpc) is 3.78. The molecule has 12 aromatic rings. The number of aromatic hydroxyl groups is 2. The molecule has 390 valence electrons. The van der Waals surface area contributed by atoms with Gasteiger partial charge in [-0.15, -0.1) is 0 Å². The van der Waals surface area contributed by atoms with Gasteiger partial charge in [-0.1, -0.05) is 224 Å². The minimum Gasteiger partial charge on any atom is -0.507 e. The summed E-state index contributed by atoms with van der Waals surface area (Å²) in [5.74, 6) is 4.24. The zero-order valence-electron chi connectivity index (χ0n) is 44.4. The van der Waals surface area contributed by atoms with Gasteiger partial charge in [0.15, 0.2) is 34.9 Å². The first-order chi connectivity index (χ1) is 38.9. The number of rotatable bonds is 8. The monoisotopic (exact) mass is 1110 g/mol. The van der Waals surface area contributed by atoms with E-state index in [-0.39, 0.29) is 11.5 Å². The van der Waals surface area contributed by atoms with Gasteiger partial charge in [0.05, 0.1) is 15.7 Å². The van der Waals surface area contributed by atoms with Crippen LogP contribution in [0.15, 0.2) is 247 Å². The first kappa shape index (κ1) is 52.8. The molecule has 0 spiro atoms. The Morgan fingerprint density at radius 1 is 0.338 bits per heavy atom. The van der Waals surface area contributed by atoms with Crippen molar-refractivity contribution in [2.45, 2.75) is 38.9 Å². The second-order valence-corrected chi connectivity index (χ2v) is 21.0. The molecule has 1 aliphatic rings. The van der Waals surface area contributed by atoms with Crippen molar-refractivity contribution in [2.75, 3.05) is 0 Å². The summed E-state index contributed by atoms with van der Waals surface area (Å²) in [6.07, 6.45) is 0. The van der Waals surface area contributed by atoms with Gasteiger partial charge in [-0.2, -0.15) is 0 Å². The Labute approximate surface area is 473 Å². The molecule has 10 aromatic carbocycles. The van der Waals surface area contributed by atoms with Crippen molar-refractivity contribution in [3.63, 3.8) is 0 Å². The summed E-state index contributed by atoms with van der Waals surface area (Å²) in [7, 11) is -0.445. The van der Waals surface area contributed by atoms with Crippen molar-refractivity contribution in [1.29, 1.82) is 0 Å². The largest absolute Gasteiger partial charge is 0.507 e. The molecule has 1 saturated heterocycles. The van der Waals surface area contributed by atoms with Gasteiger partial charge in [0.2, 0.25) is 0 Å². The molecule has 10 nitrogen and oxygen atoms in total. The van der Waals surface area contributed by atoms with Crippen molar-refractivity contribution in [2.24, 2.45) is 0 Å². The van der Waals surface area contributed by atoms with Gasteiger partial charge in [0, 0.05) is 38.9 Å². The molecule has 0 saturated carbocycles. The fraction of sp³-hybridized carbons (Fsp3) is 0.0882. The Kier molecular flexibility index (Phi) is 15.2. The van der Waals surface area contributed by atoms with Gasteiger partial charge in [-0.3, -0.25) is 0 Å². The van der Waals surface area contributed by atoms with Crippen LogP contribution in [-0.4, -0.2) is 58.4 Å². The van der Waals surface area contributed by atoms with Crippen molar-refractivity contribution < 1.29 is 19.5 Å². The summed E-state index contributed by atoms with van der Waals surface area (Å²) in [6, 6.07) is 79.1. The van der Waals surface area contributed by atoms with Gasteiger partial charge in [0.25, 0.3) is 0 Å². The Morgan fingerprint density at radius 2 is 0.675 bits per heavy atom. The van der Waals surface area contributed by atoms with Crippen LogP contribution >= 0.6 is 15.9 Å². The number of phenolic OH excluding ortho intramolecular Hbond substituents is 2. The SMILES string of the molecule is CC1(C)OB(c2cccc(-c3nc(-c4ccccc4)nc(-c4ccccc4)n3)c2)OC1(C)C.Oc1ccc2ccccc2c1-c1cccc(-c2nc(-c3ccccc3)nc(-c3ccccc3)n2)c1.Oc1ccc2ccccc2c1Br. The van der Waals surface area contributed by atoms with Crippen LogP contribution in [0.1, 0.15) is 27.7 Å². The highest BCUT2D eigenvalue weighted by molar-refractivity contribution is 9.10. The molecule has 0 unspecified atom stereocenters. The smallest absolute Gasteiger partial charge is 0.494 e. The maximum Gasteiger partial charge on any atom is 0.494 e. The number of aromatic nitrogens is 6. The van der Waals surface area contributed by atoms with Gasteiger partial charge in [-0.25, -0.2) is 29.9 Å². The second kappa shape index (κ2) is 23.0. The summed E-state index contributed by atoms with van der Waals surface area (Å²) in [5.41, 5.74) is 7.32. The van der Waals surface area contributed by atoms with E-state index >= 15 is 0 Å². The number of nitrogens with zero attached hydrogens (tertiary/aromatic N) is 6. The fourth-order valence-electron chi connectivity index (χ4n) is 9.28. The predicted molar refractivity (Wildman–Crippen MR) is 326 cm³/mol. The highest BCUT2D eigenvalue weighted by Crippen LogP contribution is 2.39. The maximum atomic E-state index is 10.8. The van der Waals surface area contributed by atoms with Gasteiger partial charge < -0.3 is 19.5 Å². The van der Waals surface area contributed by atoms with E-state index in [1.165, 1.54) is 0 Å². The molecule has 0 atom stereocenters. The number of phenols is 2. The normalized spacial score (nSPS) is 13.2.